The predicted molar refractivity (Wildman–Crippen MR) is 73.3 cm³/mol. The summed E-state index contributed by atoms with van der Waals surface area (Å²) < 4.78 is 7.02. The first-order valence-electron chi connectivity index (χ1n) is 5.61. The summed E-state index contributed by atoms with van der Waals surface area (Å²) >= 11 is 3.08. The Balaban J connectivity index is 1.85. The van der Waals surface area contributed by atoms with Gasteiger partial charge in [0.2, 0.25) is 0 Å². The third-order valence-electron chi connectivity index (χ3n) is 2.28. The van der Waals surface area contributed by atoms with E-state index in [1.165, 1.54) is 11.3 Å². The van der Waals surface area contributed by atoms with Crippen LogP contribution < -0.4 is 5.32 Å². The second kappa shape index (κ2) is 5.97. The molecule has 2 aromatic heterocycles. The van der Waals surface area contributed by atoms with Crippen LogP contribution in [0.2, 0.25) is 0 Å². The zero-order chi connectivity index (χ0) is 13.0. The third kappa shape index (κ3) is 3.08. The highest BCUT2D eigenvalue weighted by Crippen LogP contribution is 2.29. The molecule has 0 unspecified atom stereocenters. The Bertz CT molecular complexity index is 530. The van der Waals surface area contributed by atoms with Gasteiger partial charge in [-0.15, -0.1) is 22.7 Å². The SMILES string of the molecule is CCOC(=O)CCNC(=O)c1cc2sccc2s1. The molecule has 0 radical (unpaired) electrons. The van der Waals surface area contributed by atoms with E-state index in [1.54, 1.807) is 18.3 Å². The van der Waals surface area contributed by atoms with E-state index in [1.807, 2.05) is 17.5 Å². The number of hydrogen-bond acceptors (Lipinski definition) is 5. The fraction of sp³-hybridized carbons (Fsp3) is 0.333. The van der Waals surface area contributed by atoms with E-state index < -0.39 is 0 Å². The first kappa shape index (κ1) is 13.0. The zero-order valence-corrected chi connectivity index (χ0v) is 11.5. The van der Waals surface area contributed by atoms with Gasteiger partial charge in [-0.2, -0.15) is 0 Å². The van der Waals surface area contributed by atoms with Crippen molar-refractivity contribution in [1.29, 1.82) is 0 Å². The summed E-state index contributed by atoms with van der Waals surface area (Å²) in [5.74, 6) is -0.419. The molecule has 0 spiro atoms. The number of nitrogens with one attached hydrogen (secondary N) is 1. The van der Waals surface area contributed by atoms with E-state index in [-0.39, 0.29) is 18.3 Å². The quantitative estimate of drug-likeness (QED) is 0.858. The molecular formula is C12H13NO3S2. The first-order chi connectivity index (χ1) is 8.70. The van der Waals surface area contributed by atoms with Crippen molar-refractivity contribution >= 4 is 43.9 Å². The summed E-state index contributed by atoms with van der Waals surface area (Å²) in [6.07, 6.45) is 0.208. The lowest BCUT2D eigenvalue weighted by Gasteiger charge is -2.03. The molecule has 2 heterocycles. The third-order valence-corrected chi connectivity index (χ3v) is 4.38. The molecule has 6 heteroatoms. The van der Waals surface area contributed by atoms with Crippen LogP contribution in [0, 0.1) is 0 Å². The minimum atomic E-state index is -0.287. The number of thiophene rings is 2. The van der Waals surface area contributed by atoms with Crippen molar-refractivity contribution in [2.24, 2.45) is 0 Å². The summed E-state index contributed by atoms with van der Waals surface area (Å²) in [6, 6.07) is 3.88. The van der Waals surface area contributed by atoms with Gasteiger partial charge in [0.05, 0.1) is 17.9 Å². The van der Waals surface area contributed by atoms with Crippen molar-refractivity contribution in [3.05, 3.63) is 22.4 Å². The first-order valence-corrected chi connectivity index (χ1v) is 7.31. The molecule has 1 N–H and O–H groups in total. The van der Waals surface area contributed by atoms with Gasteiger partial charge in [-0.05, 0) is 24.4 Å². The van der Waals surface area contributed by atoms with Crippen LogP contribution in [0.3, 0.4) is 0 Å². The summed E-state index contributed by atoms with van der Waals surface area (Å²) in [7, 11) is 0. The van der Waals surface area contributed by atoms with Crippen LogP contribution in [-0.2, 0) is 9.53 Å². The molecule has 2 aromatic rings. The van der Waals surface area contributed by atoms with Crippen LogP contribution in [0.25, 0.3) is 9.40 Å². The molecule has 0 saturated carbocycles. The Labute approximate surface area is 113 Å². The van der Waals surface area contributed by atoms with Crippen molar-refractivity contribution in [2.45, 2.75) is 13.3 Å². The number of hydrogen-bond donors (Lipinski definition) is 1. The zero-order valence-electron chi connectivity index (χ0n) is 9.89. The molecule has 1 amide bonds. The number of amides is 1. The molecule has 18 heavy (non-hydrogen) atoms. The maximum atomic E-state index is 11.8. The maximum Gasteiger partial charge on any atom is 0.307 e. The number of carbonyl (C=O) groups excluding carboxylic acids is 2. The van der Waals surface area contributed by atoms with Crippen LogP contribution in [0.15, 0.2) is 17.5 Å². The molecule has 0 aromatic carbocycles. The van der Waals surface area contributed by atoms with Crippen molar-refractivity contribution in [3.63, 3.8) is 0 Å². The number of carbonyl (C=O) groups is 2. The van der Waals surface area contributed by atoms with E-state index in [0.29, 0.717) is 18.0 Å². The average molecular weight is 283 g/mol. The fourth-order valence-corrected chi connectivity index (χ4v) is 3.50. The van der Waals surface area contributed by atoms with Crippen LogP contribution in [0.1, 0.15) is 23.0 Å². The summed E-state index contributed by atoms with van der Waals surface area (Å²) in [5, 5.41) is 4.72. The van der Waals surface area contributed by atoms with Gasteiger partial charge in [0, 0.05) is 15.9 Å². The molecule has 2 rings (SSSR count). The lowest BCUT2D eigenvalue weighted by molar-refractivity contribution is -0.142. The Kier molecular flexibility index (Phi) is 4.33. The molecule has 96 valence electrons. The minimum absolute atomic E-state index is 0.132. The van der Waals surface area contributed by atoms with Crippen molar-refractivity contribution in [3.8, 4) is 0 Å². The number of fused-ring (bicyclic) bond motifs is 1. The fourth-order valence-electron chi connectivity index (χ4n) is 1.48. The lowest BCUT2D eigenvalue weighted by atomic mass is 10.4. The topological polar surface area (TPSA) is 55.4 Å². The van der Waals surface area contributed by atoms with Crippen LogP contribution in [0.4, 0.5) is 0 Å². The Hall–Kier alpha value is -1.40. The summed E-state index contributed by atoms with van der Waals surface area (Å²) in [4.78, 5) is 23.6. The van der Waals surface area contributed by atoms with Crippen molar-refractivity contribution in [1.82, 2.24) is 5.32 Å². The molecule has 4 nitrogen and oxygen atoms in total. The predicted octanol–water partition coefficient (Wildman–Crippen LogP) is 2.65. The van der Waals surface area contributed by atoms with E-state index in [4.69, 9.17) is 4.74 Å². The molecule has 0 saturated heterocycles. The van der Waals surface area contributed by atoms with Gasteiger partial charge < -0.3 is 10.1 Å². The normalized spacial score (nSPS) is 10.5. The molecule has 0 aliphatic carbocycles. The van der Waals surface area contributed by atoms with E-state index in [0.717, 1.165) is 9.40 Å². The van der Waals surface area contributed by atoms with Gasteiger partial charge in [0.25, 0.3) is 5.91 Å². The number of rotatable bonds is 5. The Morgan fingerprint density at radius 3 is 2.94 bits per heavy atom. The maximum absolute atomic E-state index is 11.8. The van der Waals surface area contributed by atoms with Gasteiger partial charge in [-0.25, -0.2) is 0 Å². The monoisotopic (exact) mass is 283 g/mol. The van der Waals surface area contributed by atoms with Gasteiger partial charge in [0.1, 0.15) is 0 Å². The van der Waals surface area contributed by atoms with E-state index in [2.05, 4.69) is 5.32 Å². The van der Waals surface area contributed by atoms with Gasteiger partial charge >= 0.3 is 5.97 Å². The molecule has 0 aliphatic rings. The van der Waals surface area contributed by atoms with Crippen LogP contribution in [-0.4, -0.2) is 25.0 Å². The Morgan fingerprint density at radius 1 is 1.39 bits per heavy atom. The van der Waals surface area contributed by atoms with Gasteiger partial charge in [-0.3, -0.25) is 9.59 Å². The standard InChI is InChI=1S/C12H13NO3S2/c1-2-16-11(14)3-5-13-12(15)10-7-9-8(18-10)4-6-17-9/h4,6-7H,2-3,5H2,1H3,(H,13,15). The van der Waals surface area contributed by atoms with Gasteiger partial charge in [-0.1, -0.05) is 0 Å². The molecule has 0 aliphatic heterocycles. The molecule has 0 atom stereocenters. The van der Waals surface area contributed by atoms with Crippen molar-refractivity contribution < 1.29 is 14.3 Å². The number of ether oxygens (including phenoxy) is 1. The highest BCUT2D eigenvalue weighted by Gasteiger charge is 2.11. The largest absolute Gasteiger partial charge is 0.466 e. The average Bonchev–Trinajstić information content (AvgIpc) is 2.89. The van der Waals surface area contributed by atoms with Crippen LogP contribution >= 0.6 is 22.7 Å². The highest BCUT2D eigenvalue weighted by atomic mass is 32.1. The van der Waals surface area contributed by atoms with Crippen molar-refractivity contribution in [2.75, 3.05) is 13.2 Å². The van der Waals surface area contributed by atoms with Crippen LogP contribution in [0.5, 0.6) is 0 Å². The summed E-state index contributed by atoms with van der Waals surface area (Å²) in [5.41, 5.74) is 0. The number of esters is 1. The Morgan fingerprint density at radius 2 is 2.22 bits per heavy atom. The lowest BCUT2D eigenvalue weighted by Crippen LogP contribution is -2.25. The van der Waals surface area contributed by atoms with E-state index >= 15 is 0 Å². The van der Waals surface area contributed by atoms with Gasteiger partial charge in [0.15, 0.2) is 0 Å². The second-order valence-corrected chi connectivity index (χ2v) is 5.60. The highest BCUT2D eigenvalue weighted by molar-refractivity contribution is 7.27. The minimum Gasteiger partial charge on any atom is -0.466 e. The van der Waals surface area contributed by atoms with E-state index in [9.17, 15) is 9.59 Å². The molecule has 0 bridgehead atoms. The smallest absolute Gasteiger partial charge is 0.307 e. The molecular weight excluding hydrogens is 270 g/mol. The summed E-state index contributed by atoms with van der Waals surface area (Å²) in [6.45, 7) is 2.44. The molecule has 0 fully saturated rings. The second-order valence-electron chi connectivity index (χ2n) is 3.57.